The molecule has 0 aliphatic carbocycles. The van der Waals surface area contributed by atoms with E-state index in [1.165, 1.54) is 5.57 Å². The number of hydrogen-bond donors (Lipinski definition) is 0. The Morgan fingerprint density at radius 3 is 2.15 bits per heavy atom. The highest BCUT2D eigenvalue weighted by Crippen LogP contribution is 2.09. The first kappa shape index (κ1) is 12.0. The molecular weight excluding hydrogens is 160 g/mol. The van der Waals surface area contributed by atoms with Crippen LogP contribution in [0.5, 0.6) is 0 Å². The number of ether oxygens (including phenoxy) is 1. The van der Waals surface area contributed by atoms with E-state index in [0.29, 0.717) is 0 Å². The Balaban J connectivity index is 4.21. The zero-order valence-corrected chi connectivity index (χ0v) is 9.35. The van der Waals surface area contributed by atoms with E-state index in [4.69, 9.17) is 4.74 Å². The smallest absolute Gasteiger partial charge is 0.100 e. The Morgan fingerprint density at radius 1 is 1.15 bits per heavy atom. The van der Waals surface area contributed by atoms with Crippen molar-refractivity contribution in [2.75, 3.05) is 0 Å². The van der Waals surface area contributed by atoms with Crippen molar-refractivity contribution in [2.45, 2.75) is 41.0 Å². The van der Waals surface area contributed by atoms with E-state index in [1.54, 1.807) is 0 Å². The summed E-state index contributed by atoms with van der Waals surface area (Å²) in [6, 6.07) is 0. The number of rotatable bonds is 4. The molecule has 13 heavy (non-hydrogen) atoms. The van der Waals surface area contributed by atoms with E-state index in [1.807, 2.05) is 26.0 Å². The fourth-order valence-corrected chi connectivity index (χ4v) is 0.860. The average Bonchev–Trinajstić information content (AvgIpc) is 2.10. The number of hydrogen-bond acceptors (Lipinski definition) is 1. The van der Waals surface area contributed by atoms with Crippen LogP contribution in [0.1, 0.15) is 41.0 Å². The first-order chi connectivity index (χ1) is 6.10. The molecule has 0 aromatic carbocycles. The topological polar surface area (TPSA) is 9.23 Å². The third-order valence-electron chi connectivity index (χ3n) is 1.61. The average molecular weight is 180 g/mol. The molecule has 0 aromatic rings. The van der Waals surface area contributed by atoms with Gasteiger partial charge in [-0.25, -0.2) is 0 Å². The lowest BCUT2D eigenvalue weighted by molar-refractivity contribution is 0.295. The third-order valence-corrected chi connectivity index (χ3v) is 1.61. The molecule has 0 radical (unpaired) electrons. The van der Waals surface area contributed by atoms with Crippen LogP contribution in [0.2, 0.25) is 0 Å². The van der Waals surface area contributed by atoms with Crippen LogP contribution in [0.3, 0.4) is 0 Å². The molecular formula is C12H20O. The molecule has 1 nitrogen and oxygen atoms in total. The highest BCUT2D eigenvalue weighted by atomic mass is 16.5. The van der Waals surface area contributed by atoms with Crippen LogP contribution in [-0.2, 0) is 4.74 Å². The summed E-state index contributed by atoms with van der Waals surface area (Å²) in [5.74, 6) is 1.96. The molecule has 0 aliphatic heterocycles. The first-order valence-electron chi connectivity index (χ1n) is 4.75. The summed E-state index contributed by atoms with van der Waals surface area (Å²) in [6.07, 6.45) is 6.99. The molecule has 0 atom stereocenters. The van der Waals surface area contributed by atoms with Gasteiger partial charge in [0.2, 0.25) is 0 Å². The third kappa shape index (κ3) is 6.21. The second-order valence-corrected chi connectivity index (χ2v) is 3.23. The first-order valence-corrected chi connectivity index (χ1v) is 4.75. The molecule has 0 saturated carbocycles. The summed E-state index contributed by atoms with van der Waals surface area (Å²) in [5, 5.41) is 0. The Labute approximate surface area is 81.8 Å². The van der Waals surface area contributed by atoms with Gasteiger partial charge in [0, 0.05) is 6.42 Å². The van der Waals surface area contributed by atoms with Crippen LogP contribution in [0.25, 0.3) is 0 Å². The van der Waals surface area contributed by atoms with Crippen molar-refractivity contribution in [3.63, 3.8) is 0 Å². The SMILES string of the molecule is C/C=C(\CC)O/C(C)=C/C=C(C)C. The van der Waals surface area contributed by atoms with Gasteiger partial charge in [-0.2, -0.15) is 0 Å². The van der Waals surface area contributed by atoms with E-state index in [0.717, 1.165) is 17.9 Å². The van der Waals surface area contributed by atoms with Crippen LogP contribution >= 0.6 is 0 Å². The lowest BCUT2D eigenvalue weighted by Crippen LogP contribution is -1.87. The van der Waals surface area contributed by atoms with Gasteiger partial charge < -0.3 is 4.74 Å². The maximum atomic E-state index is 5.58. The van der Waals surface area contributed by atoms with Crippen molar-refractivity contribution in [1.82, 2.24) is 0 Å². The van der Waals surface area contributed by atoms with E-state index < -0.39 is 0 Å². The van der Waals surface area contributed by atoms with Crippen molar-refractivity contribution in [2.24, 2.45) is 0 Å². The Hall–Kier alpha value is -0.980. The molecule has 0 bridgehead atoms. The molecule has 0 amide bonds. The lowest BCUT2D eigenvalue weighted by Gasteiger charge is -2.06. The Bertz CT molecular complexity index is 228. The minimum absolute atomic E-state index is 0.941. The molecule has 0 unspecified atom stereocenters. The van der Waals surface area contributed by atoms with Gasteiger partial charge in [-0.3, -0.25) is 0 Å². The van der Waals surface area contributed by atoms with E-state index >= 15 is 0 Å². The van der Waals surface area contributed by atoms with Crippen molar-refractivity contribution in [1.29, 1.82) is 0 Å². The van der Waals surface area contributed by atoms with Crippen LogP contribution in [0, 0.1) is 0 Å². The summed E-state index contributed by atoms with van der Waals surface area (Å²) in [7, 11) is 0. The zero-order chi connectivity index (χ0) is 10.3. The Morgan fingerprint density at radius 2 is 1.77 bits per heavy atom. The van der Waals surface area contributed by atoms with Gasteiger partial charge in [0.25, 0.3) is 0 Å². The highest BCUT2D eigenvalue weighted by molar-refractivity contribution is 5.12. The van der Waals surface area contributed by atoms with Crippen molar-refractivity contribution < 1.29 is 4.74 Å². The fourth-order valence-electron chi connectivity index (χ4n) is 0.860. The Kier molecular flexibility index (Phi) is 6.03. The maximum Gasteiger partial charge on any atom is 0.100 e. The zero-order valence-electron chi connectivity index (χ0n) is 9.35. The summed E-state index contributed by atoms with van der Waals surface area (Å²) < 4.78 is 5.58. The van der Waals surface area contributed by atoms with Crippen LogP contribution in [0.4, 0.5) is 0 Å². The highest BCUT2D eigenvalue weighted by Gasteiger charge is 1.93. The molecule has 0 fully saturated rings. The molecule has 0 aromatic heterocycles. The molecule has 0 N–H and O–H groups in total. The van der Waals surface area contributed by atoms with Gasteiger partial charge in [0.1, 0.15) is 5.76 Å². The molecule has 74 valence electrons. The predicted molar refractivity (Wildman–Crippen MR) is 58.3 cm³/mol. The van der Waals surface area contributed by atoms with Gasteiger partial charge in [-0.1, -0.05) is 18.6 Å². The van der Waals surface area contributed by atoms with Gasteiger partial charge in [0.15, 0.2) is 0 Å². The van der Waals surface area contributed by atoms with Crippen molar-refractivity contribution in [3.8, 4) is 0 Å². The van der Waals surface area contributed by atoms with E-state index in [2.05, 4.69) is 26.8 Å². The van der Waals surface area contributed by atoms with Crippen LogP contribution < -0.4 is 0 Å². The van der Waals surface area contributed by atoms with Gasteiger partial charge in [-0.15, -0.1) is 0 Å². The van der Waals surface area contributed by atoms with Crippen LogP contribution in [0.15, 0.2) is 35.3 Å². The van der Waals surface area contributed by atoms with Crippen molar-refractivity contribution >= 4 is 0 Å². The second kappa shape index (κ2) is 6.53. The van der Waals surface area contributed by atoms with Crippen LogP contribution in [-0.4, -0.2) is 0 Å². The molecule has 0 spiro atoms. The molecule has 0 rings (SSSR count). The summed E-state index contributed by atoms with van der Waals surface area (Å²) in [6.45, 7) is 10.2. The minimum Gasteiger partial charge on any atom is -0.467 e. The lowest BCUT2D eigenvalue weighted by atomic mass is 10.3. The molecule has 0 heterocycles. The molecule has 1 heteroatoms. The largest absolute Gasteiger partial charge is 0.467 e. The van der Waals surface area contributed by atoms with Gasteiger partial charge in [-0.05, 0) is 39.8 Å². The molecule has 0 aliphatic rings. The van der Waals surface area contributed by atoms with E-state index in [-0.39, 0.29) is 0 Å². The minimum atomic E-state index is 0.941. The second-order valence-electron chi connectivity index (χ2n) is 3.23. The summed E-state index contributed by atoms with van der Waals surface area (Å²) in [4.78, 5) is 0. The summed E-state index contributed by atoms with van der Waals surface area (Å²) >= 11 is 0. The quantitative estimate of drug-likeness (QED) is 0.465. The predicted octanol–water partition coefficient (Wildman–Crippen LogP) is 4.19. The normalized spacial score (nSPS) is 12.7. The molecule has 0 saturated heterocycles. The van der Waals surface area contributed by atoms with Crippen molar-refractivity contribution in [3.05, 3.63) is 35.3 Å². The van der Waals surface area contributed by atoms with E-state index in [9.17, 15) is 0 Å². The maximum absolute atomic E-state index is 5.58. The monoisotopic (exact) mass is 180 g/mol. The van der Waals surface area contributed by atoms with Gasteiger partial charge >= 0.3 is 0 Å². The van der Waals surface area contributed by atoms with Gasteiger partial charge in [0.05, 0.1) is 5.76 Å². The standard InChI is InChI=1S/C12H20O/c1-6-12(7-2)13-11(5)9-8-10(3)4/h6,8-9H,7H2,1-5H3/b11-9+,12-6+. The number of allylic oxidation sites excluding steroid dienone is 6. The summed E-state index contributed by atoms with van der Waals surface area (Å²) in [5.41, 5.74) is 1.28. The fraction of sp³-hybridized carbons (Fsp3) is 0.500.